The molecule has 7 nitrogen and oxygen atoms in total. The van der Waals surface area contributed by atoms with Crippen molar-refractivity contribution >= 4 is 33.2 Å². The maximum atomic E-state index is 9.69. The largest absolute Gasteiger partial charge is 0.396 e. The predicted octanol–water partition coefficient (Wildman–Crippen LogP) is 3.46. The Kier molecular flexibility index (Phi) is 5.54. The summed E-state index contributed by atoms with van der Waals surface area (Å²) in [6.07, 6.45) is 11.8. The van der Waals surface area contributed by atoms with Gasteiger partial charge in [-0.15, -0.1) is 0 Å². The van der Waals surface area contributed by atoms with Crippen LogP contribution in [0.4, 0.5) is 11.6 Å². The summed E-state index contributed by atoms with van der Waals surface area (Å²) >= 11 is 3.55. The molecule has 1 unspecified atom stereocenters. The lowest BCUT2D eigenvalue weighted by Gasteiger charge is -2.31. The quantitative estimate of drug-likeness (QED) is 0.554. The topological polar surface area (TPSA) is 87.4 Å². The van der Waals surface area contributed by atoms with Gasteiger partial charge in [0.15, 0.2) is 11.5 Å². The van der Waals surface area contributed by atoms with E-state index in [1.807, 2.05) is 28.9 Å². The molecule has 0 spiro atoms. The van der Waals surface area contributed by atoms with E-state index in [0.717, 1.165) is 34.5 Å². The van der Waals surface area contributed by atoms with Crippen molar-refractivity contribution in [2.75, 3.05) is 17.2 Å². The van der Waals surface area contributed by atoms with Crippen LogP contribution in [-0.2, 0) is 6.54 Å². The van der Waals surface area contributed by atoms with Crippen LogP contribution in [0, 0.1) is 5.92 Å². The molecule has 1 aliphatic rings. The average molecular weight is 431 g/mol. The molecule has 0 bridgehead atoms. The Morgan fingerprint density at radius 1 is 1.26 bits per heavy atom. The Balaban J connectivity index is 1.60. The fraction of sp³-hybridized carbons (Fsp3) is 0.421. The number of anilines is 2. The van der Waals surface area contributed by atoms with Crippen molar-refractivity contribution in [3.8, 4) is 0 Å². The lowest BCUT2D eigenvalue weighted by molar-refractivity contribution is 0.178. The van der Waals surface area contributed by atoms with E-state index in [-0.39, 0.29) is 18.6 Å². The van der Waals surface area contributed by atoms with E-state index in [2.05, 4.69) is 36.5 Å². The van der Waals surface area contributed by atoms with Crippen LogP contribution in [0.3, 0.4) is 0 Å². The Morgan fingerprint density at radius 2 is 2.15 bits per heavy atom. The fourth-order valence-electron chi connectivity index (χ4n) is 3.64. The van der Waals surface area contributed by atoms with E-state index in [1.165, 1.54) is 12.8 Å². The zero-order chi connectivity index (χ0) is 18.6. The molecule has 0 aromatic carbocycles. The van der Waals surface area contributed by atoms with Crippen molar-refractivity contribution < 1.29 is 5.11 Å². The van der Waals surface area contributed by atoms with Gasteiger partial charge >= 0.3 is 0 Å². The minimum Gasteiger partial charge on any atom is -0.396 e. The number of fused-ring (bicyclic) bond motifs is 1. The highest BCUT2D eigenvalue weighted by atomic mass is 79.9. The van der Waals surface area contributed by atoms with Gasteiger partial charge in [-0.2, -0.15) is 0 Å². The van der Waals surface area contributed by atoms with E-state index >= 15 is 0 Å². The standard InChI is InChI=1S/C19H23BrN6O/c20-16-10-23-19-18(22-9-13-4-3-7-21-8-13)25-17(11-26(16)19)24-15-6-2-1-5-14(15)12-27/h3-4,7-8,10-11,14-15,24,27H,1-2,5-6,9,12H2,(H,22,25)/t14-,15?/m1/s1. The van der Waals surface area contributed by atoms with Crippen molar-refractivity contribution in [1.82, 2.24) is 19.4 Å². The molecule has 2 atom stereocenters. The second kappa shape index (κ2) is 8.22. The van der Waals surface area contributed by atoms with E-state index in [1.54, 1.807) is 12.4 Å². The molecule has 0 saturated heterocycles. The minimum atomic E-state index is 0.209. The van der Waals surface area contributed by atoms with Crippen LogP contribution < -0.4 is 10.6 Å². The molecule has 0 radical (unpaired) electrons. The van der Waals surface area contributed by atoms with Crippen molar-refractivity contribution in [3.63, 3.8) is 0 Å². The number of aliphatic hydroxyl groups excluding tert-OH is 1. The summed E-state index contributed by atoms with van der Waals surface area (Å²) in [6, 6.07) is 4.18. The van der Waals surface area contributed by atoms with Gasteiger partial charge in [0.25, 0.3) is 0 Å². The van der Waals surface area contributed by atoms with Crippen LogP contribution >= 0.6 is 15.9 Å². The Morgan fingerprint density at radius 3 is 2.96 bits per heavy atom. The number of hydrogen-bond donors (Lipinski definition) is 3. The first-order chi connectivity index (χ1) is 13.2. The molecule has 1 aliphatic carbocycles. The van der Waals surface area contributed by atoms with Crippen LogP contribution in [0.1, 0.15) is 31.2 Å². The van der Waals surface area contributed by atoms with Crippen molar-refractivity contribution in [3.05, 3.63) is 47.1 Å². The number of nitrogens with zero attached hydrogens (tertiary/aromatic N) is 4. The molecule has 3 aromatic heterocycles. The number of imidazole rings is 1. The van der Waals surface area contributed by atoms with E-state index < -0.39 is 0 Å². The normalized spacial score (nSPS) is 19.9. The molecule has 27 heavy (non-hydrogen) atoms. The minimum absolute atomic E-state index is 0.209. The Labute approximate surface area is 166 Å². The zero-order valence-electron chi connectivity index (χ0n) is 15.0. The Bertz CT molecular complexity index is 900. The maximum Gasteiger partial charge on any atom is 0.181 e. The summed E-state index contributed by atoms with van der Waals surface area (Å²) in [5.41, 5.74) is 1.84. The first kappa shape index (κ1) is 18.2. The van der Waals surface area contributed by atoms with Crippen LogP contribution in [0.2, 0.25) is 0 Å². The molecular formula is C19H23BrN6O. The third-order valence-corrected chi connectivity index (χ3v) is 5.69. The number of rotatable bonds is 6. The molecule has 142 valence electrons. The first-order valence-electron chi connectivity index (χ1n) is 9.28. The summed E-state index contributed by atoms with van der Waals surface area (Å²) in [7, 11) is 0. The molecule has 3 aromatic rings. The van der Waals surface area contributed by atoms with Gasteiger partial charge in [-0.05, 0) is 40.4 Å². The van der Waals surface area contributed by atoms with Gasteiger partial charge in [0, 0.05) is 37.5 Å². The summed E-state index contributed by atoms with van der Waals surface area (Å²) in [4.78, 5) is 13.4. The fourth-order valence-corrected chi connectivity index (χ4v) is 4.02. The number of halogens is 1. The molecule has 3 heterocycles. The molecule has 8 heteroatoms. The molecule has 0 aliphatic heterocycles. The number of pyridine rings is 1. The monoisotopic (exact) mass is 430 g/mol. The number of aliphatic hydroxyl groups is 1. The second-order valence-electron chi connectivity index (χ2n) is 6.94. The predicted molar refractivity (Wildman–Crippen MR) is 109 cm³/mol. The van der Waals surface area contributed by atoms with Gasteiger partial charge in [-0.1, -0.05) is 18.9 Å². The van der Waals surface area contributed by atoms with E-state index in [0.29, 0.717) is 12.4 Å². The first-order valence-corrected chi connectivity index (χ1v) is 10.1. The Hall–Kier alpha value is -2.19. The highest BCUT2D eigenvalue weighted by Gasteiger charge is 2.25. The summed E-state index contributed by atoms with van der Waals surface area (Å²) < 4.78 is 2.84. The summed E-state index contributed by atoms with van der Waals surface area (Å²) in [5.74, 6) is 1.76. The molecule has 3 N–H and O–H groups in total. The lowest BCUT2D eigenvalue weighted by atomic mass is 9.85. The van der Waals surface area contributed by atoms with Crippen molar-refractivity contribution in [2.24, 2.45) is 5.92 Å². The van der Waals surface area contributed by atoms with Gasteiger partial charge in [-0.25, -0.2) is 9.97 Å². The zero-order valence-corrected chi connectivity index (χ0v) is 16.6. The van der Waals surface area contributed by atoms with Crippen LogP contribution in [0.15, 0.2) is 41.5 Å². The van der Waals surface area contributed by atoms with Crippen LogP contribution in [0.25, 0.3) is 5.65 Å². The summed E-state index contributed by atoms with van der Waals surface area (Å²) in [5, 5.41) is 16.6. The van der Waals surface area contributed by atoms with Crippen molar-refractivity contribution in [2.45, 2.75) is 38.3 Å². The maximum absolute atomic E-state index is 9.69. The second-order valence-corrected chi connectivity index (χ2v) is 7.75. The van der Waals surface area contributed by atoms with E-state index in [4.69, 9.17) is 4.98 Å². The van der Waals surface area contributed by atoms with Crippen LogP contribution in [0.5, 0.6) is 0 Å². The SMILES string of the molecule is OC[C@H]1CCCCC1Nc1cn2c(Br)cnc2c(NCc2cccnc2)n1. The number of nitrogens with one attached hydrogen (secondary N) is 2. The lowest BCUT2D eigenvalue weighted by Crippen LogP contribution is -2.34. The van der Waals surface area contributed by atoms with E-state index in [9.17, 15) is 5.11 Å². The van der Waals surface area contributed by atoms with Gasteiger partial charge in [0.05, 0.1) is 12.4 Å². The van der Waals surface area contributed by atoms with Crippen LogP contribution in [-0.4, -0.2) is 37.1 Å². The average Bonchev–Trinajstić information content (AvgIpc) is 3.08. The van der Waals surface area contributed by atoms with Gasteiger partial charge in [0.1, 0.15) is 10.4 Å². The van der Waals surface area contributed by atoms with Crippen molar-refractivity contribution in [1.29, 1.82) is 0 Å². The number of hydrogen-bond acceptors (Lipinski definition) is 6. The molecule has 0 amide bonds. The third kappa shape index (κ3) is 4.06. The third-order valence-electron chi connectivity index (χ3n) is 5.11. The highest BCUT2D eigenvalue weighted by molar-refractivity contribution is 9.10. The van der Waals surface area contributed by atoms with Gasteiger partial charge in [-0.3, -0.25) is 9.38 Å². The highest BCUT2D eigenvalue weighted by Crippen LogP contribution is 2.28. The molecule has 4 rings (SSSR count). The summed E-state index contributed by atoms with van der Waals surface area (Å²) in [6.45, 7) is 0.827. The molecule has 1 fully saturated rings. The van der Waals surface area contributed by atoms with Gasteiger partial charge in [0.2, 0.25) is 0 Å². The van der Waals surface area contributed by atoms with Gasteiger partial charge < -0.3 is 15.7 Å². The smallest absolute Gasteiger partial charge is 0.181 e. The molecule has 1 saturated carbocycles. The number of aromatic nitrogens is 4. The molecular weight excluding hydrogens is 408 g/mol.